The predicted octanol–water partition coefficient (Wildman–Crippen LogP) is 3.97. The number of hydrogen-bond acceptors (Lipinski definition) is 4. The average molecular weight is 313 g/mol. The Labute approximate surface area is 134 Å². The molecule has 0 unspecified atom stereocenters. The monoisotopic (exact) mass is 313 g/mol. The minimum absolute atomic E-state index is 0.115. The highest BCUT2D eigenvalue weighted by molar-refractivity contribution is 7.14. The lowest BCUT2D eigenvalue weighted by molar-refractivity contribution is -0.117. The van der Waals surface area contributed by atoms with Crippen LogP contribution in [0.4, 0.5) is 5.13 Å². The van der Waals surface area contributed by atoms with Crippen LogP contribution in [0.15, 0.2) is 29.9 Å². The van der Waals surface area contributed by atoms with E-state index in [1.807, 2.05) is 17.5 Å². The lowest BCUT2D eigenvalue weighted by atomic mass is 9.86. The number of nitrogens with zero attached hydrogens (tertiary/aromatic N) is 2. The summed E-state index contributed by atoms with van der Waals surface area (Å²) in [5, 5.41) is 5.62. The zero-order chi connectivity index (χ0) is 14.9. The largest absolute Gasteiger partial charge is 0.302 e. The fraction of sp³-hybridized carbons (Fsp3) is 0.471. The van der Waals surface area contributed by atoms with Gasteiger partial charge in [0.05, 0.1) is 5.69 Å². The first-order chi connectivity index (χ1) is 10.8. The number of nitrogens with one attached hydrogen (secondary N) is 1. The summed E-state index contributed by atoms with van der Waals surface area (Å²) < 4.78 is 0. The van der Waals surface area contributed by atoms with Crippen LogP contribution >= 0.6 is 11.3 Å². The maximum Gasteiger partial charge on any atom is 0.226 e. The summed E-state index contributed by atoms with van der Waals surface area (Å²) in [6.07, 6.45) is 9.48. The molecule has 5 heteroatoms. The summed E-state index contributed by atoms with van der Waals surface area (Å²) in [5.74, 6) is 2.39. The molecule has 4 nitrogen and oxygen atoms in total. The fourth-order valence-corrected chi connectivity index (χ4v) is 4.75. The van der Waals surface area contributed by atoms with Gasteiger partial charge in [-0.15, -0.1) is 11.3 Å². The molecule has 2 fully saturated rings. The van der Waals surface area contributed by atoms with Crippen LogP contribution in [0.25, 0.3) is 11.3 Å². The quantitative estimate of drug-likeness (QED) is 0.929. The standard InChI is InChI=1S/C17H19N3OS/c21-16(8-14-7-11-3-4-12(14)6-11)20-17-19-15(10-22-17)13-2-1-5-18-9-13/h1-2,5,9-12,14H,3-4,6-8H2,(H,19,20,21)/t11-,12+,14+/m0/s1. The molecule has 2 saturated carbocycles. The molecule has 0 saturated heterocycles. The molecular formula is C17H19N3OS. The average Bonchev–Trinajstić information content (AvgIpc) is 3.24. The van der Waals surface area contributed by atoms with Gasteiger partial charge in [0.15, 0.2) is 5.13 Å². The highest BCUT2D eigenvalue weighted by atomic mass is 32.1. The molecule has 2 bridgehead atoms. The zero-order valence-corrected chi connectivity index (χ0v) is 13.2. The van der Waals surface area contributed by atoms with Gasteiger partial charge >= 0.3 is 0 Å². The summed E-state index contributed by atoms with van der Waals surface area (Å²) in [4.78, 5) is 20.8. The Morgan fingerprint density at radius 1 is 1.36 bits per heavy atom. The SMILES string of the molecule is O=C(C[C@H]1C[C@H]2CC[C@@H]1C2)Nc1nc(-c2cccnc2)cs1. The molecule has 1 amide bonds. The third-order valence-electron chi connectivity index (χ3n) is 5.04. The Hall–Kier alpha value is -1.75. The van der Waals surface area contributed by atoms with Crippen molar-refractivity contribution in [3.63, 3.8) is 0 Å². The van der Waals surface area contributed by atoms with E-state index in [0.717, 1.165) is 23.1 Å². The van der Waals surface area contributed by atoms with Crippen molar-refractivity contribution >= 4 is 22.4 Å². The summed E-state index contributed by atoms with van der Waals surface area (Å²) in [5.41, 5.74) is 1.85. The molecule has 2 aliphatic carbocycles. The number of amides is 1. The molecule has 1 N–H and O–H groups in total. The number of rotatable bonds is 4. The van der Waals surface area contributed by atoms with E-state index >= 15 is 0 Å². The summed E-state index contributed by atoms with van der Waals surface area (Å²) in [6, 6.07) is 3.87. The van der Waals surface area contributed by atoms with Crippen LogP contribution in [0.5, 0.6) is 0 Å². The van der Waals surface area contributed by atoms with Crippen molar-refractivity contribution in [2.24, 2.45) is 17.8 Å². The second kappa shape index (κ2) is 5.80. The summed E-state index contributed by atoms with van der Waals surface area (Å²) >= 11 is 1.48. The van der Waals surface area contributed by atoms with Gasteiger partial charge < -0.3 is 5.32 Å². The molecule has 4 rings (SSSR count). The van der Waals surface area contributed by atoms with E-state index in [2.05, 4.69) is 15.3 Å². The van der Waals surface area contributed by atoms with Gasteiger partial charge in [0.2, 0.25) is 5.91 Å². The number of pyridine rings is 1. The number of hydrogen-bond donors (Lipinski definition) is 1. The molecule has 22 heavy (non-hydrogen) atoms. The van der Waals surface area contributed by atoms with E-state index in [1.54, 1.807) is 12.4 Å². The number of thiazole rings is 1. The van der Waals surface area contributed by atoms with Crippen molar-refractivity contribution in [1.82, 2.24) is 9.97 Å². The van der Waals surface area contributed by atoms with Crippen LogP contribution in [0.3, 0.4) is 0 Å². The van der Waals surface area contributed by atoms with Crippen LogP contribution in [0.1, 0.15) is 32.1 Å². The van der Waals surface area contributed by atoms with Crippen LogP contribution < -0.4 is 5.32 Å². The first kappa shape index (κ1) is 13.9. The van der Waals surface area contributed by atoms with Gasteiger partial charge in [-0.05, 0) is 49.1 Å². The second-order valence-electron chi connectivity index (χ2n) is 6.47. The van der Waals surface area contributed by atoms with Gasteiger partial charge in [-0.3, -0.25) is 9.78 Å². The summed E-state index contributed by atoms with van der Waals surface area (Å²) in [6.45, 7) is 0. The molecule has 0 spiro atoms. The third-order valence-corrected chi connectivity index (χ3v) is 5.80. The van der Waals surface area contributed by atoms with Gasteiger partial charge in [-0.25, -0.2) is 4.98 Å². The molecule has 0 radical (unpaired) electrons. The number of aromatic nitrogens is 2. The van der Waals surface area contributed by atoms with Crippen LogP contribution in [-0.4, -0.2) is 15.9 Å². The van der Waals surface area contributed by atoms with Gasteiger partial charge in [0.1, 0.15) is 0 Å². The van der Waals surface area contributed by atoms with E-state index < -0.39 is 0 Å². The highest BCUT2D eigenvalue weighted by Crippen LogP contribution is 2.49. The molecule has 2 heterocycles. The van der Waals surface area contributed by atoms with Gasteiger partial charge in [-0.1, -0.05) is 6.42 Å². The van der Waals surface area contributed by atoms with Crippen LogP contribution in [0, 0.1) is 17.8 Å². The van der Waals surface area contributed by atoms with Crippen LogP contribution in [0.2, 0.25) is 0 Å². The Bertz CT molecular complexity index is 670. The van der Waals surface area contributed by atoms with Crippen molar-refractivity contribution < 1.29 is 4.79 Å². The minimum atomic E-state index is 0.115. The molecule has 0 aliphatic heterocycles. The molecule has 2 aliphatic rings. The topological polar surface area (TPSA) is 54.9 Å². The van der Waals surface area contributed by atoms with Crippen molar-refractivity contribution in [2.75, 3.05) is 5.32 Å². The lowest BCUT2D eigenvalue weighted by Gasteiger charge is -2.20. The molecule has 2 aromatic heterocycles. The van der Waals surface area contributed by atoms with E-state index in [9.17, 15) is 4.79 Å². The maximum atomic E-state index is 12.2. The zero-order valence-electron chi connectivity index (χ0n) is 12.4. The van der Waals surface area contributed by atoms with Crippen molar-refractivity contribution in [1.29, 1.82) is 0 Å². The summed E-state index contributed by atoms with van der Waals surface area (Å²) in [7, 11) is 0. The van der Waals surface area contributed by atoms with Gasteiger partial charge in [0, 0.05) is 29.8 Å². The highest BCUT2D eigenvalue weighted by Gasteiger charge is 2.40. The number of carbonyl (C=O) groups is 1. The molecule has 114 valence electrons. The molecule has 2 aromatic rings. The first-order valence-electron chi connectivity index (χ1n) is 7.93. The smallest absolute Gasteiger partial charge is 0.226 e. The first-order valence-corrected chi connectivity index (χ1v) is 8.81. The van der Waals surface area contributed by atoms with Gasteiger partial charge in [0.25, 0.3) is 0 Å². The Kier molecular flexibility index (Phi) is 3.66. The number of anilines is 1. The fourth-order valence-electron chi connectivity index (χ4n) is 4.01. The normalized spacial score (nSPS) is 26.3. The maximum absolute atomic E-state index is 12.2. The third kappa shape index (κ3) is 2.77. The predicted molar refractivity (Wildman–Crippen MR) is 87.5 cm³/mol. The van der Waals surface area contributed by atoms with E-state index in [-0.39, 0.29) is 5.91 Å². The Morgan fingerprint density at radius 3 is 3.05 bits per heavy atom. The van der Waals surface area contributed by atoms with Crippen molar-refractivity contribution in [2.45, 2.75) is 32.1 Å². The Morgan fingerprint density at radius 2 is 2.32 bits per heavy atom. The van der Waals surface area contributed by atoms with E-state index in [0.29, 0.717) is 17.5 Å². The molecule has 3 atom stereocenters. The molecule has 0 aromatic carbocycles. The number of fused-ring (bicyclic) bond motifs is 2. The minimum Gasteiger partial charge on any atom is -0.302 e. The number of carbonyl (C=O) groups excluding carboxylic acids is 1. The van der Waals surface area contributed by atoms with Crippen molar-refractivity contribution in [3.05, 3.63) is 29.9 Å². The molecular weight excluding hydrogens is 294 g/mol. The lowest BCUT2D eigenvalue weighted by Crippen LogP contribution is -2.20. The second-order valence-corrected chi connectivity index (χ2v) is 7.32. The van der Waals surface area contributed by atoms with E-state index in [1.165, 1.54) is 37.0 Å². The van der Waals surface area contributed by atoms with Crippen LogP contribution in [-0.2, 0) is 4.79 Å². The van der Waals surface area contributed by atoms with Gasteiger partial charge in [-0.2, -0.15) is 0 Å². The van der Waals surface area contributed by atoms with E-state index in [4.69, 9.17) is 0 Å². The van der Waals surface area contributed by atoms with Crippen molar-refractivity contribution in [3.8, 4) is 11.3 Å². The Balaban J connectivity index is 1.37.